The van der Waals surface area contributed by atoms with Crippen LogP contribution in [0.1, 0.15) is 40.3 Å². The smallest absolute Gasteiger partial charge is 0.290 e. The van der Waals surface area contributed by atoms with E-state index in [2.05, 4.69) is 4.98 Å². The molecule has 0 bridgehead atoms. The molecule has 1 amide bonds. The Bertz CT molecular complexity index is 1080. The van der Waals surface area contributed by atoms with Crippen LogP contribution in [0.2, 0.25) is 0 Å². The van der Waals surface area contributed by atoms with Gasteiger partial charge in [-0.05, 0) is 38.5 Å². The van der Waals surface area contributed by atoms with Gasteiger partial charge < -0.3 is 18.8 Å². The highest BCUT2D eigenvalue weighted by Gasteiger charge is 2.50. The Labute approximate surface area is 175 Å². The van der Waals surface area contributed by atoms with Crippen LogP contribution in [0.25, 0.3) is 11.0 Å². The molecule has 2 aromatic heterocycles. The number of likely N-dealkylation sites (tertiary alicyclic amines) is 1. The number of carbonyl (C=O) groups excluding carboxylic acids is 1. The number of ether oxygens (including phenoxy) is 2. The van der Waals surface area contributed by atoms with Crippen LogP contribution >= 0.6 is 0 Å². The summed E-state index contributed by atoms with van der Waals surface area (Å²) in [6, 6.07) is 13.7. The zero-order valence-electron chi connectivity index (χ0n) is 17.4. The van der Waals surface area contributed by atoms with Crippen molar-refractivity contribution in [1.82, 2.24) is 9.88 Å². The number of aryl methyl sites for hydroxylation is 2. The van der Waals surface area contributed by atoms with E-state index in [1.165, 1.54) is 0 Å². The van der Waals surface area contributed by atoms with Gasteiger partial charge in [0.15, 0.2) is 5.76 Å². The molecule has 0 aliphatic carbocycles. The van der Waals surface area contributed by atoms with Gasteiger partial charge in [0.25, 0.3) is 5.91 Å². The number of rotatable bonds is 4. The summed E-state index contributed by atoms with van der Waals surface area (Å²) in [7, 11) is 0. The Morgan fingerprint density at radius 2 is 2.03 bits per heavy atom. The fourth-order valence-electron chi connectivity index (χ4n) is 4.54. The van der Waals surface area contributed by atoms with Gasteiger partial charge >= 0.3 is 0 Å². The average Bonchev–Trinajstić information content (AvgIpc) is 3.07. The van der Waals surface area contributed by atoms with Crippen molar-refractivity contribution in [3.63, 3.8) is 0 Å². The van der Waals surface area contributed by atoms with E-state index in [9.17, 15) is 4.79 Å². The standard InChI is InChI=1S/C24H26N2O4/c1-16-6-5-7-18(25-16)13-28-19-10-11-29-24(12-19)14-26(15-24)23(27)22-17(2)20-8-3-4-9-21(20)30-22/h3-9,19H,10-15H2,1-2H3. The van der Waals surface area contributed by atoms with Crippen LogP contribution in [0.5, 0.6) is 0 Å². The summed E-state index contributed by atoms with van der Waals surface area (Å²) < 4.78 is 18.1. The van der Waals surface area contributed by atoms with Gasteiger partial charge in [0, 0.05) is 29.7 Å². The number of pyridine rings is 1. The van der Waals surface area contributed by atoms with Crippen LogP contribution in [-0.4, -0.2) is 47.2 Å². The highest BCUT2D eigenvalue weighted by Crippen LogP contribution is 2.37. The average molecular weight is 406 g/mol. The molecule has 1 aromatic carbocycles. The lowest BCUT2D eigenvalue weighted by atomic mass is 9.84. The first-order chi connectivity index (χ1) is 14.5. The minimum Gasteiger partial charge on any atom is -0.451 e. The second-order valence-electron chi connectivity index (χ2n) is 8.44. The van der Waals surface area contributed by atoms with Crippen molar-refractivity contribution in [2.24, 2.45) is 0 Å². The molecule has 2 aliphatic heterocycles. The Balaban J connectivity index is 1.21. The van der Waals surface area contributed by atoms with Crippen LogP contribution in [0.3, 0.4) is 0 Å². The maximum atomic E-state index is 13.0. The Morgan fingerprint density at radius 3 is 2.83 bits per heavy atom. The van der Waals surface area contributed by atoms with Crippen molar-refractivity contribution < 1.29 is 18.7 Å². The van der Waals surface area contributed by atoms with Gasteiger partial charge in [-0.3, -0.25) is 9.78 Å². The molecule has 1 unspecified atom stereocenters. The largest absolute Gasteiger partial charge is 0.451 e. The molecule has 1 atom stereocenters. The lowest BCUT2D eigenvalue weighted by Gasteiger charge is -2.52. The fraction of sp³-hybridized carbons (Fsp3) is 0.417. The summed E-state index contributed by atoms with van der Waals surface area (Å²) in [5.41, 5.74) is 3.28. The lowest BCUT2D eigenvalue weighted by Crippen LogP contribution is -2.67. The van der Waals surface area contributed by atoms with Gasteiger partial charge in [0.1, 0.15) is 11.2 Å². The van der Waals surface area contributed by atoms with Crippen molar-refractivity contribution in [3.05, 3.63) is 65.2 Å². The van der Waals surface area contributed by atoms with E-state index in [4.69, 9.17) is 13.9 Å². The molecule has 156 valence electrons. The molecule has 5 rings (SSSR count). The van der Waals surface area contributed by atoms with E-state index in [0.717, 1.165) is 40.8 Å². The van der Waals surface area contributed by atoms with Crippen molar-refractivity contribution in [1.29, 1.82) is 0 Å². The van der Waals surface area contributed by atoms with Gasteiger partial charge in [0.05, 0.1) is 31.5 Å². The maximum Gasteiger partial charge on any atom is 0.290 e. The molecule has 6 nitrogen and oxygen atoms in total. The van der Waals surface area contributed by atoms with Gasteiger partial charge in [-0.25, -0.2) is 0 Å². The predicted molar refractivity (Wildman–Crippen MR) is 112 cm³/mol. The maximum absolute atomic E-state index is 13.0. The van der Waals surface area contributed by atoms with Crippen LogP contribution in [-0.2, 0) is 16.1 Å². The zero-order valence-corrected chi connectivity index (χ0v) is 17.4. The van der Waals surface area contributed by atoms with Crippen molar-refractivity contribution >= 4 is 16.9 Å². The number of nitrogens with zero attached hydrogens (tertiary/aromatic N) is 2. The number of aromatic nitrogens is 1. The first-order valence-electron chi connectivity index (χ1n) is 10.5. The van der Waals surface area contributed by atoms with Gasteiger partial charge in [0.2, 0.25) is 0 Å². The number of furan rings is 1. The molecule has 0 N–H and O–H groups in total. The van der Waals surface area contributed by atoms with Crippen LogP contribution in [0.4, 0.5) is 0 Å². The lowest BCUT2D eigenvalue weighted by molar-refractivity contribution is -0.188. The van der Waals surface area contributed by atoms with Gasteiger partial charge in [-0.2, -0.15) is 0 Å². The second kappa shape index (κ2) is 7.52. The Kier molecular flexibility index (Phi) is 4.83. The van der Waals surface area contributed by atoms with E-state index in [0.29, 0.717) is 32.1 Å². The molecular formula is C24H26N2O4. The normalized spacial score (nSPS) is 20.5. The molecule has 4 heterocycles. The molecule has 0 saturated carbocycles. The van der Waals surface area contributed by atoms with Gasteiger partial charge in [-0.15, -0.1) is 0 Å². The minimum absolute atomic E-state index is 0.0649. The zero-order chi connectivity index (χ0) is 20.7. The monoisotopic (exact) mass is 406 g/mol. The molecule has 2 saturated heterocycles. The van der Waals surface area contributed by atoms with Crippen LogP contribution in [0, 0.1) is 13.8 Å². The van der Waals surface area contributed by atoms with Crippen molar-refractivity contribution in [2.75, 3.05) is 19.7 Å². The number of benzene rings is 1. The van der Waals surface area contributed by atoms with Crippen molar-refractivity contribution in [2.45, 2.75) is 45.0 Å². The minimum atomic E-state index is -0.307. The molecule has 6 heteroatoms. The molecule has 3 aromatic rings. The second-order valence-corrected chi connectivity index (χ2v) is 8.44. The third-order valence-corrected chi connectivity index (χ3v) is 6.14. The number of hydrogen-bond donors (Lipinski definition) is 0. The first-order valence-corrected chi connectivity index (χ1v) is 10.5. The third kappa shape index (κ3) is 3.50. The predicted octanol–water partition coefficient (Wildman–Crippen LogP) is 4.04. The number of amides is 1. The molecular weight excluding hydrogens is 380 g/mol. The molecule has 2 fully saturated rings. The van der Waals surface area contributed by atoms with E-state index < -0.39 is 0 Å². The Hall–Kier alpha value is -2.70. The summed E-state index contributed by atoms with van der Waals surface area (Å²) >= 11 is 0. The number of fused-ring (bicyclic) bond motifs is 1. The summed E-state index contributed by atoms with van der Waals surface area (Å²) in [5, 5.41) is 0.989. The highest BCUT2D eigenvalue weighted by molar-refractivity contribution is 5.99. The SMILES string of the molecule is Cc1cccc(COC2CCOC3(C2)CN(C(=O)c2oc4ccccc4c2C)C3)n1. The summed E-state index contributed by atoms with van der Waals surface area (Å²) in [5.74, 6) is 0.366. The summed E-state index contributed by atoms with van der Waals surface area (Å²) in [6.07, 6.45) is 1.78. The molecule has 1 spiro atoms. The quantitative estimate of drug-likeness (QED) is 0.654. The van der Waals surface area contributed by atoms with Gasteiger partial charge in [-0.1, -0.05) is 24.3 Å². The highest BCUT2D eigenvalue weighted by atomic mass is 16.5. The number of para-hydroxylation sites is 1. The van der Waals surface area contributed by atoms with Crippen LogP contribution < -0.4 is 0 Å². The topological polar surface area (TPSA) is 64.8 Å². The molecule has 30 heavy (non-hydrogen) atoms. The number of carbonyl (C=O) groups is 1. The van der Waals surface area contributed by atoms with E-state index in [1.54, 1.807) is 0 Å². The van der Waals surface area contributed by atoms with Crippen molar-refractivity contribution in [3.8, 4) is 0 Å². The molecule has 2 aliphatic rings. The summed E-state index contributed by atoms with van der Waals surface area (Å²) in [6.45, 7) is 6.22. The van der Waals surface area contributed by atoms with E-state index in [1.807, 2.05) is 61.2 Å². The first kappa shape index (κ1) is 19.3. The fourth-order valence-corrected chi connectivity index (χ4v) is 4.54. The van der Waals surface area contributed by atoms with Crippen LogP contribution in [0.15, 0.2) is 46.9 Å². The summed E-state index contributed by atoms with van der Waals surface area (Å²) in [4.78, 5) is 19.3. The number of hydrogen-bond acceptors (Lipinski definition) is 5. The van der Waals surface area contributed by atoms with E-state index in [-0.39, 0.29) is 17.6 Å². The van der Waals surface area contributed by atoms with E-state index >= 15 is 0 Å². The Morgan fingerprint density at radius 1 is 1.20 bits per heavy atom. The molecule has 0 radical (unpaired) electrons. The third-order valence-electron chi connectivity index (χ3n) is 6.14.